The van der Waals surface area contributed by atoms with Gasteiger partial charge in [-0.1, -0.05) is 36.4 Å². The number of aromatic nitrogens is 1. The molecule has 1 aliphatic heterocycles. The van der Waals surface area contributed by atoms with E-state index in [0.717, 1.165) is 11.3 Å². The summed E-state index contributed by atoms with van der Waals surface area (Å²) >= 11 is 0. The number of ether oxygens (including phenoxy) is 1. The summed E-state index contributed by atoms with van der Waals surface area (Å²) in [5.41, 5.74) is 1.88. The van der Waals surface area contributed by atoms with Gasteiger partial charge in [-0.25, -0.2) is 0 Å². The van der Waals surface area contributed by atoms with E-state index in [0.29, 0.717) is 26.2 Å². The van der Waals surface area contributed by atoms with Crippen molar-refractivity contribution in [2.45, 2.75) is 18.5 Å². The van der Waals surface area contributed by atoms with E-state index in [1.54, 1.807) is 6.20 Å². The van der Waals surface area contributed by atoms with Crippen LogP contribution < -0.4 is 16.0 Å². The van der Waals surface area contributed by atoms with E-state index in [-0.39, 0.29) is 24.4 Å². The Morgan fingerprint density at radius 2 is 2.00 bits per heavy atom. The third kappa shape index (κ3) is 5.87. The molecule has 0 saturated carbocycles. The van der Waals surface area contributed by atoms with E-state index in [1.165, 1.54) is 0 Å². The molecule has 7 heteroatoms. The van der Waals surface area contributed by atoms with Crippen LogP contribution in [0.15, 0.2) is 54.7 Å². The van der Waals surface area contributed by atoms with Crippen molar-refractivity contribution in [3.05, 3.63) is 66.0 Å². The molecule has 1 aliphatic rings. The molecule has 3 rings (SSSR count). The van der Waals surface area contributed by atoms with Crippen molar-refractivity contribution < 1.29 is 14.3 Å². The Morgan fingerprint density at radius 3 is 2.70 bits per heavy atom. The lowest BCUT2D eigenvalue weighted by Gasteiger charge is -2.23. The molecule has 27 heavy (non-hydrogen) atoms. The molecule has 1 fully saturated rings. The first-order chi connectivity index (χ1) is 13.2. The average molecular weight is 368 g/mol. The van der Waals surface area contributed by atoms with Crippen molar-refractivity contribution in [3.8, 4) is 0 Å². The minimum absolute atomic E-state index is 0.0808. The monoisotopic (exact) mass is 368 g/mol. The Bertz CT molecular complexity index is 733. The van der Waals surface area contributed by atoms with Crippen molar-refractivity contribution in [1.82, 2.24) is 20.9 Å². The largest absolute Gasteiger partial charge is 0.378 e. The van der Waals surface area contributed by atoms with E-state index in [4.69, 9.17) is 4.74 Å². The molecular formula is C20H24N4O3. The lowest BCUT2D eigenvalue weighted by atomic mass is 10.0. The van der Waals surface area contributed by atoms with Crippen LogP contribution in [0.4, 0.5) is 0 Å². The van der Waals surface area contributed by atoms with Crippen LogP contribution in [-0.2, 0) is 20.7 Å². The molecule has 1 aromatic carbocycles. The second-order valence-corrected chi connectivity index (χ2v) is 6.36. The number of rotatable bonds is 7. The highest BCUT2D eigenvalue weighted by Gasteiger charge is 2.22. The second-order valence-electron chi connectivity index (χ2n) is 6.36. The van der Waals surface area contributed by atoms with E-state index < -0.39 is 6.04 Å². The third-order valence-corrected chi connectivity index (χ3v) is 4.34. The van der Waals surface area contributed by atoms with Gasteiger partial charge < -0.3 is 20.7 Å². The first kappa shape index (κ1) is 19.0. The van der Waals surface area contributed by atoms with E-state index >= 15 is 0 Å². The predicted octanol–water partition coefficient (Wildman–Crippen LogP) is 0.586. The average Bonchev–Trinajstić information content (AvgIpc) is 2.73. The zero-order valence-corrected chi connectivity index (χ0v) is 15.1. The van der Waals surface area contributed by atoms with Crippen LogP contribution in [0.3, 0.4) is 0 Å². The normalized spacial score (nSPS) is 17.7. The fourth-order valence-corrected chi connectivity index (χ4v) is 2.94. The van der Waals surface area contributed by atoms with Gasteiger partial charge in [0.1, 0.15) is 6.04 Å². The molecule has 2 aromatic rings. The lowest BCUT2D eigenvalue weighted by molar-refractivity contribution is -0.129. The predicted molar refractivity (Wildman–Crippen MR) is 101 cm³/mol. The number of amides is 2. The Hall–Kier alpha value is -2.77. The summed E-state index contributed by atoms with van der Waals surface area (Å²) in [5.74, 6) is -0.476. The Morgan fingerprint density at radius 1 is 1.19 bits per heavy atom. The molecular weight excluding hydrogens is 344 g/mol. The van der Waals surface area contributed by atoms with Gasteiger partial charge in [-0.2, -0.15) is 0 Å². The molecule has 2 atom stereocenters. The molecule has 142 valence electrons. The molecule has 3 N–H and O–H groups in total. The number of carbonyl (C=O) groups excluding carboxylic acids is 2. The SMILES string of the molecule is O=C(CNC(=O)C1COCCN1)NC(Cc1ccccn1)c1ccccc1. The van der Waals surface area contributed by atoms with Crippen LogP contribution in [0, 0.1) is 0 Å². The van der Waals surface area contributed by atoms with Crippen LogP contribution >= 0.6 is 0 Å². The zero-order valence-electron chi connectivity index (χ0n) is 15.1. The van der Waals surface area contributed by atoms with E-state index in [2.05, 4.69) is 20.9 Å². The molecule has 2 amide bonds. The maximum Gasteiger partial charge on any atom is 0.239 e. The molecule has 2 heterocycles. The van der Waals surface area contributed by atoms with Gasteiger partial charge in [0.05, 0.1) is 25.8 Å². The standard InChI is InChI=1S/C20H24N4O3/c25-19(13-23-20(26)18-14-27-11-10-22-18)24-17(15-6-2-1-3-7-15)12-16-8-4-5-9-21-16/h1-9,17-18,22H,10-14H2,(H,23,26)(H,24,25). The van der Waals surface area contributed by atoms with Crippen molar-refractivity contribution in [2.75, 3.05) is 26.3 Å². The fourth-order valence-electron chi connectivity index (χ4n) is 2.94. The quantitative estimate of drug-likeness (QED) is 0.665. The topological polar surface area (TPSA) is 92.4 Å². The highest BCUT2D eigenvalue weighted by molar-refractivity contribution is 5.87. The first-order valence-corrected chi connectivity index (χ1v) is 9.05. The lowest BCUT2D eigenvalue weighted by Crippen LogP contribution is -2.52. The summed E-state index contributed by atoms with van der Waals surface area (Å²) < 4.78 is 5.27. The van der Waals surface area contributed by atoms with Gasteiger partial charge >= 0.3 is 0 Å². The van der Waals surface area contributed by atoms with Crippen LogP contribution in [0.5, 0.6) is 0 Å². The van der Waals surface area contributed by atoms with Gasteiger partial charge in [-0.15, -0.1) is 0 Å². The van der Waals surface area contributed by atoms with Gasteiger partial charge in [0, 0.05) is 24.9 Å². The molecule has 0 spiro atoms. The summed E-state index contributed by atoms with van der Waals surface area (Å²) in [4.78, 5) is 28.9. The maximum absolute atomic E-state index is 12.4. The minimum atomic E-state index is -0.412. The number of morpholine rings is 1. The maximum atomic E-state index is 12.4. The summed E-state index contributed by atoms with van der Waals surface area (Å²) in [6.07, 6.45) is 2.31. The number of nitrogens with one attached hydrogen (secondary N) is 3. The number of benzene rings is 1. The first-order valence-electron chi connectivity index (χ1n) is 9.05. The van der Waals surface area contributed by atoms with E-state index in [1.807, 2.05) is 48.5 Å². The molecule has 0 radical (unpaired) electrons. The minimum Gasteiger partial charge on any atom is -0.378 e. The van der Waals surface area contributed by atoms with Crippen LogP contribution in [0.25, 0.3) is 0 Å². The van der Waals surface area contributed by atoms with Crippen molar-refractivity contribution >= 4 is 11.8 Å². The van der Waals surface area contributed by atoms with Gasteiger partial charge in [0.15, 0.2) is 0 Å². The van der Waals surface area contributed by atoms with Crippen LogP contribution in [-0.4, -0.2) is 49.1 Å². The Balaban J connectivity index is 1.57. The highest BCUT2D eigenvalue weighted by atomic mass is 16.5. The van der Waals surface area contributed by atoms with Crippen molar-refractivity contribution in [3.63, 3.8) is 0 Å². The molecule has 0 bridgehead atoms. The van der Waals surface area contributed by atoms with E-state index in [9.17, 15) is 9.59 Å². The number of hydrogen-bond acceptors (Lipinski definition) is 5. The van der Waals surface area contributed by atoms with Crippen molar-refractivity contribution in [2.24, 2.45) is 0 Å². The fraction of sp³-hybridized carbons (Fsp3) is 0.350. The van der Waals surface area contributed by atoms with Crippen LogP contribution in [0.1, 0.15) is 17.3 Å². The van der Waals surface area contributed by atoms with Gasteiger partial charge in [0.25, 0.3) is 0 Å². The summed E-state index contributed by atoms with van der Waals surface area (Å²) in [6.45, 7) is 1.46. The third-order valence-electron chi connectivity index (χ3n) is 4.34. The Labute approximate surface area is 158 Å². The molecule has 7 nitrogen and oxygen atoms in total. The summed E-state index contributed by atoms with van der Waals surface area (Å²) in [7, 11) is 0. The van der Waals surface area contributed by atoms with Gasteiger partial charge in [-0.05, 0) is 17.7 Å². The summed E-state index contributed by atoms with van der Waals surface area (Å²) in [5, 5.41) is 8.72. The number of hydrogen-bond donors (Lipinski definition) is 3. The number of carbonyl (C=O) groups is 2. The summed E-state index contributed by atoms with van der Waals surface area (Å²) in [6, 6.07) is 14.8. The number of pyridine rings is 1. The van der Waals surface area contributed by atoms with Crippen molar-refractivity contribution in [1.29, 1.82) is 0 Å². The van der Waals surface area contributed by atoms with Gasteiger partial charge in [-0.3, -0.25) is 14.6 Å². The zero-order chi connectivity index (χ0) is 18.9. The molecule has 2 unspecified atom stereocenters. The second kappa shape index (κ2) is 9.80. The smallest absolute Gasteiger partial charge is 0.239 e. The highest BCUT2D eigenvalue weighted by Crippen LogP contribution is 2.17. The molecule has 0 aliphatic carbocycles. The molecule has 1 saturated heterocycles. The Kier molecular flexibility index (Phi) is 6.90. The van der Waals surface area contributed by atoms with Gasteiger partial charge in [0.2, 0.25) is 11.8 Å². The molecule has 1 aromatic heterocycles. The number of nitrogens with zero attached hydrogens (tertiary/aromatic N) is 1. The van der Waals surface area contributed by atoms with Crippen LogP contribution in [0.2, 0.25) is 0 Å².